The maximum absolute atomic E-state index is 9.89. The van der Waals surface area contributed by atoms with E-state index in [0.717, 1.165) is 11.1 Å². The molecule has 0 aliphatic carbocycles. The van der Waals surface area contributed by atoms with Crippen LogP contribution in [0.2, 0.25) is 0 Å². The van der Waals surface area contributed by atoms with Crippen molar-refractivity contribution in [2.45, 2.75) is 19.8 Å². The van der Waals surface area contributed by atoms with Crippen LogP contribution >= 0.6 is 0 Å². The quantitative estimate of drug-likeness (QED) is 0.893. The summed E-state index contributed by atoms with van der Waals surface area (Å²) in [5.74, 6) is 1.31. The van der Waals surface area contributed by atoms with Crippen LogP contribution in [0.5, 0.6) is 5.75 Å². The third kappa shape index (κ3) is 2.94. The smallest absolute Gasteiger partial charge is 0.151 e. The Bertz CT molecular complexity index is 548. The maximum Gasteiger partial charge on any atom is 0.151 e. The van der Waals surface area contributed by atoms with Gasteiger partial charge in [0.25, 0.3) is 0 Å². The molecule has 1 heterocycles. The molecule has 2 rings (SSSR count). The van der Waals surface area contributed by atoms with Crippen LogP contribution in [0, 0.1) is 0 Å². The highest BCUT2D eigenvalue weighted by atomic mass is 16.3. The van der Waals surface area contributed by atoms with Gasteiger partial charge in [0.2, 0.25) is 0 Å². The van der Waals surface area contributed by atoms with Crippen molar-refractivity contribution in [2.24, 2.45) is 0 Å². The van der Waals surface area contributed by atoms with E-state index in [1.54, 1.807) is 24.5 Å². The molecule has 0 radical (unpaired) electrons. The van der Waals surface area contributed by atoms with Crippen LogP contribution in [0.1, 0.15) is 36.7 Å². The number of phenols is 1. The highest BCUT2D eigenvalue weighted by molar-refractivity contribution is 5.67. The SMILES string of the molecule is CC(C)c1ccc(/C=C/c2ncccn2)cc1O. The van der Waals surface area contributed by atoms with Gasteiger partial charge in [-0.3, -0.25) is 0 Å². The second kappa shape index (κ2) is 5.45. The Hall–Kier alpha value is -2.16. The Morgan fingerprint density at radius 1 is 1.11 bits per heavy atom. The maximum atomic E-state index is 9.89. The number of hydrogen-bond acceptors (Lipinski definition) is 3. The summed E-state index contributed by atoms with van der Waals surface area (Å²) < 4.78 is 0. The van der Waals surface area contributed by atoms with Crippen LogP contribution in [-0.4, -0.2) is 15.1 Å². The van der Waals surface area contributed by atoms with Gasteiger partial charge in [-0.15, -0.1) is 0 Å². The second-order valence-corrected chi connectivity index (χ2v) is 4.41. The van der Waals surface area contributed by atoms with Gasteiger partial charge in [-0.1, -0.05) is 32.1 Å². The molecule has 0 amide bonds. The van der Waals surface area contributed by atoms with Crippen molar-refractivity contribution in [2.75, 3.05) is 0 Å². The fourth-order valence-corrected chi connectivity index (χ4v) is 1.72. The van der Waals surface area contributed by atoms with Crippen LogP contribution in [0.4, 0.5) is 0 Å². The summed E-state index contributed by atoms with van der Waals surface area (Å²) in [4.78, 5) is 8.20. The van der Waals surface area contributed by atoms with Gasteiger partial charge >= 0.3 is 0 Å². The molecule has 0 unspecified atom stereocenters. The molecule has 0 atom stereocenters. The normalized spacial score (nSPS) is 11.3. The average Bonchev–Trinajstić information content (AvgIpc) is 2.37. The van der Waals surface area contributed by atoms with Crippen molar-refractivity contribution in [3.8, 4) is 5.75 Å². The number of hydrogen-bond donors (Lipinski definition) is 1. The van der Waals surface area contributed by atoms with E-state index in [4.69, 9.17) is 0 Å². The number of aromatic hydroxyl groups is 1. The molecule has 0 aliphatic rings. The van der Waals surface area contributed by atoms with Crippen LogP contribution in [-0.2, 0) is 0 Å². The molecule has 1 aromatic carbocycles. The highest BCUT2D eigenvalue weighted by Crippen LogP contribution is 2.26. The molecule has 0 aliphatic heterocycles. The number of nitrogens with zero attached hydrogens (tertiary/aromatic N) is 2. The van der Waals surface area contributed by atoms with E-state index in [2.05, 4.69) is 23.8 Å². The second-order valence-electron chi connectivity index (χ2n) is 4.41. The highest BCUT2D eigenvalue weighted by Gasteiger charge is 2.05. The Kier molecular flexibility index (Phi) is 3.72. The van der Waals surface area contributed by atoms with E-state index in [-0.39, 0.29) is 0 Å². The number of rotatable bonds is 3. The summed E-state index contributed by atoms with van der Waals surface area (Å²) in [7, 11) is 0. The van der Waals surface area contributed by atoms with Gasteiger partial charge < -0.3 is 5.11 Å². The lowest BCUT2D eigenvalue weighted by Gasteiger charge is -2.08. The van der Waals surface area contributed by atoms with Gasteiger partial charge in [-0.05, 0) is 35.3 Å². The Morgan fingerprint density at radius 3 is 2.44 bits per heavy atom. The van der Waals surface area contributed by atoms with Crippen molar-refractivity contribution in [1.29, 1.82) is 0 Å². The lowest BCUT2D eigenvalue weighted by molar-refractivity contribution is 0.465. The molecule has 1 N–H and O–H groups in total. The fraction of sp³-hybridized carbons (Fsp3) is 0.200. The summed E-state index contributed by atoms with van der Waals surface area (Å²) in [5, 5.41) is 9.89. The number of benzene rings is 1. The molecular weight excluding hydrogens is 224 g/mol. The molecule has 0 saturated heterocycles. The zero-order chi connectivity index (χ0) is 13.0. The zero-order valence-electron chi connectivity index (χ0n) is 10.5. The first-order valence-corrected chi connectivity index (χ1v) is 5.95. The van der Waals surface area contributed by atoms with E-state index in [9.17, 15) is 5.11 Å². The van der Waals surface area contributed by atoms with Crippen molar-refractivity contribution in [3.05, 3.63) is 53.6 Å². The monoisotopic (exact) mass is 240 g/mol. The average molecular weight is 240 g/mol. The van der Waals surface area contributed by atoms with Gasteiger partial charge in [0.05, 0.1) is 0 Å². The zero-order valence-corrected chi connectivity index (χ0v) is 10.5. The number of phenolic OH excluding ortho intramolecular Hbond substituents is 1. The lowest BCUT2D eigenvalue weighted by atomic mass is 10.0. The van der Waals surface area contributed by atoms with Gasteiger partial charge in [0, 0.05) is 12.4 Å². The minimum Gasteiger partial charge on any atom is -0.508 e. The van der Waals surface area contributed by atoms with Gasteiger partial charge in [-0.2, -0.15) is 0 Å². The molecule has 0 bridgehead atoms. The summed E-state index contributed by atoms with van der Waals surface area (Å²) in [6.07, 6.45) is 7.11. The minimum atomic E-state index is 0.320. The molecule has 0 spiro atoms. The predicted molar refractivity (Wildman–Crippen MR) is 73.2 cm³/mol. The van der Waals surface area contributed by atoms with Gasteiger partial charge in [0.1, 0.15) is 5.75 Å². The molecule has 3 heteroatoms. The number of aromatic nitrogens is 2. The Labute approximate surface area is 107 Å². The van der Waals surface area contributed by atoms with Crippen LogP contribution in [0.25, 0.3) is 12.2 Å². The van der Waals surface area contributed by atoms with Crippen molar-refractivity contribution >= 4 is 12.2 Å². The van der Waals surface area contributed by atoms with E-state index in [0.29, 0.717) is 17.5 Å². The van der Waals surface area contributed by atoms with E-state index in [1.807, 2.05) is 24.3 Å². The predicted octanol–water partition coefficient (Wildman–Crippen LogP) is 3.48. The first kappa shape index (κ1) is 12.3. The molecule has 18 heavy (non-hydrogen) atoms. The van der Waals surface area contributed by atoms with Crippen molar-refractivity contribution in [1.82, 2.24) is 9.97 Å². The molecular formula is C15H16N2O. The first-order valence-electron chi connectivity index (χ1n) is 5.95. The summed E-state index contributed by atoms with van der Waals surface area (Å²) in [6, 6.07) is 7.47. The van der Waals surface area contributed by atoms with Crippen molar-refractivity contribution in [3.63, 3.8) is 0 Å². The third-order valence-corrected chi connectivity index (χ3v) is 2.69. The molecule has 3 nitrogen and oxygen atoms in total. The van der Waals surface area contributed by atoms with Crippen LogP contribution in [0.15, 0.2) is 36.7 Å². The van der Waals surface area contributed by atoms with E-state index in [1.165, 1.54) is 0 Å². The summed E-state index contributed by atoms with van der Waals surface area (Å²) in [6.45, 7) is 4.12. The third-order valence-electron chi connectivity index (χ3n) is 2.69. The standard InChI is InChI=1S/C15H16N2O/c1-11(2)13-6-4-12(10-14(13)18)5-7-15-16-8-3-9-17-15/h3-11,18H,1-2H3/b7-5+. The molecule has 2 aromatic rings. The molecule has 0 saturated carbocycles. The van der Waals surface area contributed by atoms with Crippen LogP contribution < -0.4 is 0 Å². The van der Waals surface area contributed by atoms with Crippen LogP contribution in [0.3, 0.4) is 0 Å². The van der Waals surface area contributed by atoms with Gasteiger partial charge in [-0.25, -0.2) is 9.97 Å². The van der Waals surface area contributed by atoms with Crippen molar-refractivity contribution < 1.29 is 5.11 Å². The Morgan fingerprint density at radius 2 is 1.83 bits per heavy atom. The summed E-state index contributed by atoms with van der Waals surface area (Å²) in [5.41, 5.74) is 1.90. The van der Waals surface area contributed by atoms with E-state index < -0.39 is 0 Å². The molecule has 92 valence electrons. The summed E-state index contributed by atoms with van der Waals surface area (Å²) >= 11 is 0. The van der Waals surface area contributed by atoms with E-state index >= 15 is 0 Å². The molecule has 1 aromatic heterocycles. The minimum absolute atomic E-state index is 0.320. The molecule has 0 fully saturated rings. The Balaban J connectivity index is 2.21. The fourth-order valence-electron chi connectivity index (χ4n) is 1.72. The topological polar surface area (TPSA) is 46.0 Å². The first-order chi connectivity index (χ1) is 8.66. The lowest BCUT2D eigenvalue weighted by Crippen LogP contribution is -1.88. The van der Waals surface area contributed by atoms with Gasteiger partial charge in [0.15, 0.2) is 5.82 Å². The largest absolute Gasteiger partial charge is 0.508 e.